The molecule has 0 aromatic heterocycles. The molecule has 1 saturated heterocycles. The first-order valence-corrected chi connectivity index (χ1v) is 7.92. The van der Waals surface area contributed by atoms with Crippen molar-refractivity contribution in [3.63, 3.8) is 0 Å². The normalized spacial score (nSPS) is 20.9. The Bertz CT molecular complexity index is 661. The van der Waals surface area contributed by atoms with Gasteiger partial charge in [0.15, 0.2) is 0 Å². The molecular weight excluding hydrogens is 272 g/mol. The molecule has 1 aliphatic heterocycles. The van der Waals surface area contributed by atoms with Crippen LogP contribution >= 0.6 is 0 Å². The van der Waals surface area contributed by atoms with E-state index in [4.69, 9.17) is 5.73 Å². The van der Waals surface area contributed by atoms with Crippen LogP contribution in [0.4, 0.5) is 5.69 Å². The van der Waals surface area contributed by atoms with E-state index in [2.05, 4.69) is 50.2 Å². The summed E-state index contributed by atoms with van der Waals surface area (Å²) in [6, 6.07) is 16.1. The Kier molecular flexibility index (Phi) is 3.99. The van der Waals surface area contributed by atoms with Gasteiger partial charge in [0.1, 0.15) is 6.04 Å². The summed E-state index contributed by atoms with van der Waals surface area (Å²) in [5.41, 5.74) is 10.6. The van der Waals surface area contributed by atoms with Crippen molar-refractivity contribution in [1.29, 1.82) is 0 Å². The lowest BCUT2D eigenvalue weighted by Gasteiger charge is -2.45. The number of aryl methyl sites for hydroxylation is 2. The van der Waals surface area contributed by atoms with E-state index in [1.807, 2.05) is 17.0 Å². The summed E-state index contributed by atoms with van der Waals surface area (Å²) in [4.78, 5) is 14.0. The molecule has 1 fully saturated rings. The number of anilines is 1. The maximum Gasteiger partial charge on any atom is 0.247 e. The molecule has 0 bridgehead atoms. The molecule has 2 atom stereocenters. The molecule has 2 aromatic rings. The van der Waals surface area contributed by atoms with E-state index >= 15 is 0 Å². The summed E-state index contributed by atoms with van der Waals surface area (Å²) in [6.07, 6.45) is 2.01. The molecule has 1 heterocycles. The van der Waals surface area contributed by atoms with Crippen molar-refractivity contribution in [1.82, 2.24) is 0 Å². The fourth-order valence-electron chi connectivity index (χ4n) is 3.00. The molecule has 1 aliphatic rings. The van der Waals surface area contributed by atoms with Crippen molar-refractivity contribution in [3.8, 4) is 0 Å². The summed E-state index contributed by atoms with van der Waals surface area (Å²) >= 11 is 0. The molecule has 2 aromatic carbocycles. The van der Waals surface area contributed by atoms with E-state index < -0.39 is 6.04 Å². The van der Waals surface area contributed by atoms with Crippen molar-refractivity contribution in [2.75, 3.05) is 4.90 Å². The van der Waals surface area contributed by atoms with E-state index in [0.29, 0.717) is 0 Å². The number of hydrogen-bond acceptors (Lipinski definition) is 2. The lowest BCUT2D eigenvalue weighted by atomic mass is 9.87. The first-order chi connectivity index (χ1) is 10.7. The maximum atomic E-state index is 12.2. The van der Waals surface area contributed by atoms with E-state index in [0.717, 1.165) is 24.1 Å². The van der Waals surface area contributed by atoms with Crippen LogP contribution in [0.3, 0.4) is 0 Å². The smallest absolute Gasteiger partial charge is 0.247 e. The largest absolute Gasteiger partial charge is 0.318 e. The zero-order valence-electron chi connectivity index (χ0n) is 13.1. The van der Waals surface area contributed by atoms with Gasteiger partial charge in [0.2, 0.25) is 5.91 Å². The van der Waals surface area contributed by atoms with Gasteiger partial charge in [-0.05, 0) is 41.7 Å². The van der Waals surface area contributed by atoms with Crippen molar-refractivity contribution < 1.29 is 4.79 Å². The van der Waals surface area contributed by atoms with Crippen LogP contribution in [0.15, 0.2) is 48.5 Å². The molecule has 0 radical (unpaired) electrons. The Hall–Kier alpha value is -2.13. The highest BCUT2D eigenvalue weighted by atomic mass is 16.2. The monoisotopic (exact) mass is 294 g/mol. The first-order valence-electron chi connectivity index (χ1n) is 7.92. The number of nitrogens with zero attached hydrogens (tertiary/aromatic N) is 1. The van der Waals surface area contributed by atoms with Gasteiger partial charge in [-0.3, -0.25) is 4.79 Å². The standard InChI is InChI=1S/C19H22N2O/c1-3-13-5-9-15(10-6-13)18-17(20)19(22)21(18)16-11-7-14(4-2)8-12-16/h5-12,17-18H,3-4,20H2,1-2H3/t17-,18-/m0/s1. The second kappa shape index (κ2) is 5.93. The zero-order valence-corrected chi connectivity index (χ0v) is 13.1. The predicted octanol–water partition coefficient (Wildman–Crippen LogP) is 3.23. The molecule has 3 heteroatoms. The Morgan fingerprint density at radius 2 is 1.41 bits per heavy atom. The lowest BCUT2D eigenvalue weighted by Crippen LogP contribution is -2.63. The molecule has 114 valence electrons. The fraction of sp³-hybridized carbons (Fsp3) is 0.316. The number of amides is 1. The van der Waals surface area contributed by atoms with Gasteiger partial charge >= 0.3 is 0 Å². The van der Waals surface area contributed by atoms with E-state index in [1.54, 1.807) is 0 Å². The van der Waals surface area contributed by atoms with Crippen LogP contribution < -0.4 is 10.6 Å². The minimum atomic E-state index is -0.446. The second-order valence-corrected chi connectivity index (χ2v) is 5.79. The summed E-state index contributed by atoms with van der Waals surface area (Å²) in [5, 5.41) is 0. The Morgan fingerprint density at radius 1 is 0.909 bits per heavy atom. The molecule has 1 amide bonds. The fourth-order valence-corrected chi connectivity index (χ4v) is 3.00. The highest BCUT2D eigenvalue weighted by Crippen LogP contribution is 2.38. The van der Waals surface area contributed by atoms with E-state index in [-0.39, 0.29) is 11.9 Å². The molecule has 0 aliphatic carbocycles. The Labute approximate surface area is 131 Å². The van der Waals surface area contributed by atoms with Gasteiger partial charge in [0.05, 0.1) is 6.04 Å². The quantitative estimate of drug-likeness (QED) is 0.880. The van der Waals surface area contributed by atoms with Gasteiger partial charge in [-0.25, -0.2) is 0 Å². The molecule has 2 N–H and O–H groups in total. The second-order valence-electron chi connectivity index (χ2n) is 5.79. The van der Waals surface area contributed by atoms with Crippen molar-refractivity contribution in [2.45, 2.75) is 38.8 Å². The van der Waals surface area contributed by atoms with Crippen LogP contribution in [-0.4, -0.2) is 11.9 Å². The molecule has 3 nitrogen and oxygen atoms in total. The molecule has 0 saturated carbocycles. The molecule has 0 unspecified atom stereocenters. The first kappa shape index (κ1) is 14.8. The van der Waals surface area contributed by atoms with Crippen LogP contribution in [0.2, 0.25) is 0 Å². The molecule has 22 heavy (non-hydrogen) atoms. The highest BCUT2D eigenvalue weighted by molar-refractivity contribution is 6.05. The zero-order chi connectivity index (χ0) is 15.7. The van der Waals surface area contributed by atoms with Crippen LogP contribution in [0.25, 0.3) is 0 Å². The number of β-lactam (4-membered cyclic amide) rings is 1. The van der Waals surface area contributed by atoms with Gasteiger partial charge in [-0.1, -0.05) is 50.2 Å². The number of carbonyl (C=O) groups is 1. The SMILES string of the molecule is CCc1ccc([C@H]2[C@H](N)C(=O)N2c2ccc(CC)cc2)cc1. The van der Waals surface area contributed by atoms with Crippen molar-refractivity contribution in [3.05, 3.63) is 65.2 Å². The third-order valence-electron chi connectivity index (χ3n) is 4.49. The number of benzene rings is 2. The maximum absolute atomic E-state index is 12.2. The molecule has 0 spiro atoms. The van der Waals surface area contributed by atoms with Crippen LogP contribution in [0, 0.1) is 0 Å². The number of nitrogens with two attached hydrogens (primary N) is 1. The predicted molar refractivity (Wildman–Crippen MR) is 89.8 cm³/mol. The minimum Gasteiger partial charge on any atom is -0.318 e. The van der Waals surface area contributed by atoms with Crippen molar-refractivity contribution in [2.24, 2.45) is 5.73 Å². The van der Waals surface area contributed by atoms with Gasteiger partial charge in [-0.2, -0.15) is 0 Å². The number of rotatable bonds is 4. The van der Waals surface area contributed by atoms with Gasteiger partial charge in [0.25, 0.3) is 0 Å². The van der Waals surface area contributed by atoms with Crippen LogP contribution in [0.1, 0.15) is 36.6 Å². The average molecular weight is 294 g/mol. The van der Waals surface area contributed by atoms with Crippen LogP contribution in [-0.2, 0) is 17.6 Å². The summed E-state index contributed by atoms with van der Waals surface area (Å²) < 4.78 is 0. The van der Waals surface area contributed by atoms with Gasteiger partial charge < -0.3 is 10.6 Å². The Balaban J connectivity index is 1.89. The lowest BCUT2D eigenvalue weighted by molar-refractivity contribution is -0.126. The van der Waals surface area contributed by atoms with Gasteiger partial charge in [0, 0.05) is 5.69 Å². The third kappa shape index (κ3) is 2.42. The van der Waals surface area contributed by atoms with Crippen molar-refractivity contribution >= 4 is 11.6 Å². The number of carbonyl (C=O) groups excluding carboxylic acids is 1. The van der Waals surface area contributed by atoms with E-state index in [9.17, 15) is 4.79 Å². The topological polar surface area (TPSA) is 46.3 Å². The average Bonchev–Trinajstić information content (AvgIpc) is 2.59. The third-order valence-corrected chi connectivity index (χ3v) is 4.49. The number of hydrogen-bond donors (Lipinski definition) is 1. The molecular formula is C19H22N2O. The van der Waals surface area contributed by atoms with Crippen LogP contribution in [0.5, 0.6) is 0 Å². The molecule has 3 rings (SSSR count). The van der Waals surface area contributed by atoms with E-state index in [1.165, 1.54) is 11.1 Å². The van der Waals surface area contributed by atoms with Gasteiger partial charge in [-0.15, -0.1) is 0 Å². The minimum absolute atomic E-state index is 0.00573. The summed E-state index contributed by atoms with van der Waals surface area (Å²) in [6.45, 7) is 4.26. The highest BCUT2D eigenvalue weighted by Gasteiger charge is 2.46. The Morgan fingerprint density at radius 3 is 1.91 bits per heavy atom. The summed E-state index contributed by atoms with van der Waals surface area (Å²) in [5.74, 6) is -0.00573. The summed E-state index contributed by atoms with van der Waals surface area (Å²) in [7, 11) is 0.